The highest BCUT2D eigenvalue weighted by molar-refractivity contribution is 5.61. The summed E-state index contributed by atoms with van der Waals surface area (Å²) in [7, 11) is 3.39. The van der Waals surface area contributed by atoms with Gasteiger partial charge in [-0.05, 0) is 37.6 Å². The highest BCUT2D eigenvalue weighted by atomic mass is 16.5. The summed E-state index contributed by atoms with van der Waals surface area (Å²) in [4.78, 5) is 2.40. The molecule has 0 aromatic heterocycles. The Labute approximate surface area is 115 Å². The van der Waals surface area contributed by atoms with Gasteiger partial charge in [-0.1, -0.05) is 6.92 Å². The molecular weight excluding hydrogens is 240 g/mol. The van der Waals surface area contributed by atoms with Crippen LogP contribution in [0.3, 0.4) is 0 Å². The topological polar surface area (TPSA) is 33.7 Å². The molecule has 1 unspecified atom stereocenters. The van der Waals surface area contributed by atoms with E-state index in [4.69, 9.17) is 9.47 Å². The molecule has 1 fully saturated rings. The van der Waals surface area contributed by atoms with E-state index in [1.165, 1.54) is 12.1 Å². The largest absolute Gasteiger partial charge is 0.497 e. The average Bonchev–Trinajstić information content (AvgIpc) is 2.92. The molecule has 1 aliphatic rings. The van der Waals surface area contributed by atoms with Gasteiger partial charge in [0.25, 0.3) is 0 Å². The van der Waals surface area contributed by atoms with Gasteiger partial charge in [-0.25, -0.2) is 0 Å². The summed E-state index contributed by atoms with van der Waals surface area (Å²) in [5.74, 6) is 2.46. The van der Waals surface area contributed by atoms with Crippen molar-refractivity contribution in [1.29, 1.82) is 0 Å². The average molecular weight is 264 g/mol. The zero-order chi connectivity index (χ0) is 13.7. The first-order chi connectivity index (χ1) is 9.28. The van der Waals surface area contributed by atoms with Crippen LogP contribution >= 0.6 is 0 Å². The molecule has 0 spiro atoms. The highest BCUT2D eigenvalue weighted by Crippen LogP contribution is 2.34. The molecule has 0 aliphatic carbocycles. The highest BCUT2D eigenvalue weighted by Gasteiger charge is 2.24. The van der Waals surface area contributed by atoms with Gasteiger partial charge in [0.1, 0.15) is 11.5 Å². The van der Waals surface area contributed by atoms with E-state index in [-0.39, 0.29) is 0 Å². The molecule has 0 amide bonds. The van der Waals surface area contributed by atoms with Crippen LogP contribution in [-0.4, -0.2) is 40.4 Å². The van der Waals surface area contributed by atoms with Crippen LogP contribution in [0.4, 0.5) is 5.69 Å². The number of hydrogen-bond acceptors (Lipinski definition) is 4. The summed E-state index contributed by atoms with van der Waals surface area (Å²) in [6.07, 6.45) is 1.24. The van der Waals surface area contributed by atoms with Gasteiger partial charge >= 0.3 is 0 Å². The van der Waals surface area contributed by atoms with E-state index in [9.17, 15) is 0 Å². The molecule has 0 saturated carbocycles. The van der Waals surface area contributed by atoms with E-state index in [0.29, 0.717) is 0 Å². The molecule has 0 radical (unpaired) electrons. The second kappa shape index (κ2) is 6.66. The molecular formula is C15H24N2O2. The normalized spacial score (nSPS) is 18.7. The Morgan fingerprint density at radius 3 is 2.84 bits per heavy atom. The number of hydrogen-bond donors (Lipinski definition) is 1. The minimum atomic E-state index is 0.728. The van der Waals surface area contributed by atoms with Gasteiger partial charge in [0.2, 0.25) is 0 Å². The van der Waals surface area contributed by atoms with Crippen LogP contribution in [0.5, 0.6) is 11.5 Å². The summed E-state index contributed by atoms with van der Waals surface area (Å²) in [6.45, 7) is 6.49. The Balaban J connectivity index is 2.06. The van der Waals surface area contributed by atoms with Crippen LogP contribution in [0.25, 0.3) is 0 Å². The minimum Gasteiger partial charge on any atom is -0.497 e. The lowest BCUT2D eigenvalue weighted by Crippen LogP contribution is -2.26. The first kappa shape index (κ1) is 14.0. The van der Waals surface area contributed by atoms with Crippen molar-refractivity contribution in [3.63, 3.8) is 0 Å². The zero-order valence-electron chi connectivity index (χ0n) is 12.1. The second-order valence-electron chi connectivity index (χ2n) is 4.95. The summed E-state index contributed by atoms with van der Waals surface area (Å²) < 4.78 is 10.7. The van der Waals surface area contributed by atoms with Gasteiger partial charge in [0, 0.05) is 19.2 Å². The maximum absolute atomic E-state index is 5.48. The SMILES string of the molecule is CCNCC1CCN(c2ccc(OC)cc2OC)C1. The van der Waals surface area contributed by atoms with E-state index in [1.54, 1.807) is 14.2 Å². The summed E-state index contributed by atoms with van der Waals surface area (Å²) in [6, 6.07) is 6.04. The van der Waals surface area contributed by atoms with Crippen LogP contribution in [0.2, 0.25) is 0 Å². The predicted molar refractivity (Wildman–Crippen MR) is 78.4 cm³/mol. The predicted octanol–water partition coefficient (Wildman–Crippen LogP) is 2.14. The Morgan fingerprint density at radius 2 is 2.16 bits per heavy atom. The van der Waals surface area contributed by atoms with Gasteiger partial charge in [-0.3, -0.25) is 0 Å². The quantitative estimate of drug-likeness (QED) is 0.853. The maximum atomic E-state index is 5.48. The van der Waals surface area contributed by atoms with Crippen LogP contribution in [-0.2, 0) is 0 Å². The molecule has 1 aliphatic heterocycles. The fraction of sp³-hybridized carbons (Fsp3) is 0.600. The first-order valence-electron chi connectivity index (χ1n) is 6.96. The van der Waals surface area contributed by atoms with E-state index in [0.717, 1.165) is 43.6 Å². The van der Waals surface area contributed by atoms with Crippen molar-refractivity contribution in [3.05, 3.63) is 18.2 Å². The van der Waals surface area contributed by atoms with Crippen molar-refractivity contribution >= 4 is 5.69 Å². The van der Waals surface area contributed by atoms with Gasteiger partial charge in [-0.15, -0.1) is 0 Å². The summed E-state index contributed by atoms with van der Waals surface area (Å²) >= 11 is 0. The van der Waals surface area contributed by atoms with Crippen LogP contribution < -0.4 is 19.7 Å². The number of methoxy groups -OCH3 is 2. The molecule has 1 N–H and O–H groups in total. The monoisotopic (exact) mass is 264 g/mol. The van der Waals surface area contributed by atoms with Crippen molar-refractivity contribution in [2.45, 2.75) is 13.3 Å². The molecule has 1 saturated heterocycles. The minimum absolute atomic E-state index is 0.728. The molecule has 106 valence electrons. The van der Waals surface area contributed by atoms with E-state index >= 15 is 0 Å². The van der Waals surface area contributed by atoms with Crippen LogP contribution in [0.15, 0.2) is 18.2 Å². The Hall–Kier alpha value is -1.42. The Bertz CT molecular complexity index is 409. The van der Waals surface area contributed by atoms with Crippen molar-refractivity contribution in [2.75, 3.05) is 45.3 Å². The van der Waals surface area contributed by atoms with Gasteiger partial charge in [-0.2, -0.15) is 0 Å². The first-order valence-corrected chi connectivity index (χ1v) is 6.96. The molecule has 1 heterocycles. The third kappa shape index (κ3) is 3.32. The molecule has 1 aromatic rings. The van der Waals surface area contributed by atoms with E-state index < -0.39 is 0 Å². The van der Waals surface area contributed by atoms with Crippen LogP contribution in [0, 0.1) is 5.92 Å². The molecule has 4 heteroatoms. The third-order valence-electron chi connectivity index (χ3n) is 3.70. The van der Waals surface area contributed by atoms with Crippen molar-refractivity contribution in [3.8, 4) is 11.5 Å². The summed E-state index contributed by atoms with van der Waals surface area (Å²) in [5.41, 5.74) is 1.17. The number of anilines is 1. The standard InChI is InChI=1S/C15H24N2O2/c1-4-16-10-12-7-8-17(11-12)14-6-5-13(18-2)9-15(14)19-3/h5-6,9,12,16H,4,7-8,10-11H2,1-3H3. The number of ether oxygens (including phenoxy) is 2. The van der Waals surface area contributed by atoms with Gasteiger partial charge < -0.3 is 19.7 Å². The van der Waals surface area contributed by atoms with E-state index in [1.807, 2.05) is 12.1 Å². The Kier molecular flexibility index (Phi) is 4.91. The molecule has 0 bridgehead atoms. The van der Waals surface area contributed by atoms with Crippen LogP contribution in [0.1, 0.15) is 13.3 Å². The fourth-order valence-corrected chi connectivity index (χ4v) is 2.61. The molecule has 1 aromatic carbocycles. The number of nitrogens with zero attached hydrogens (tertiary/aromatic N) is 1. The lowest BCUT2D eigenvalue weighted by molar-refractivity contribution is 0.394. The molecule has 2 rings (SSSR count). The van der Waals surface area contributed by atoms with Gasteiger partial charge in [0.15, 0.2) is 0 Å². The van der Waals surface area contributed by atoms with Gasteiger partial charge in [0.05, 0.1) is 19.9 Å². The van der Waals surface area contributed by atoms with Crippen molar-refractivity contribution in [1.82, 2.24) is 5.32 Å². The number of benzene rings is 1. The lowest BCUT2D eigenvalue weighted by atomic mass is 10.1. The van der Waals surface area contributed by atoms with Crippen molar-refractivity contribution < 1.29 is 9.47 Å². The fourth-order valence-electron chi connectivity index (χ4n) is 2.61. The number of nitrogens with one attached hydrogen (secondary N) is 1. The van der Waals surface area contributed by atoms with E-state index in [2.05, 4.69) is 23.2 Å². The maximum Gasteiger partial charge on any atom is 0.145 e. The molecule has 1 atom stereocenters. The Morgan fingerprint density at radius 1 is 1.32 bits per heavy atom. The van der Waals surface area contributed by atoms with Crippen molar-refractivity contribution in [2.24, 2.45) is 5.92 Å². The zero-order valence-corrected chi connectivity index (χ0v) is 12.1. The third-order valence-corrected chi connectivity index (χ3v) is 3.70. The molecule has 4 nitrogen and oxygen atoms in total. The summed E-state index contributed by atoms with van der Waals surface area (Å²) in [5, 5.41) is 3.43. The molecule has 19 heavy (non-hydrogen) atoms. The second-order valence-corrected chi connectivity index (χ2v) is 4.95. The smallest absolute Gasteiger partial charge is 0.145 e. The number of rotatable bonds is 6. The lowest BCUT2D eigenvalue weighted by Gasteiger charge is -2.22.